The lowest BCUT2D eigenvalue weighted by molar-refractivity contribution is 0.227. The number of rotatable bonds is 11. The van der Waals surface area contributed by atoms with Crippen molar-refractivity contribution >= 4 is 0 Å². The monoisotopic (exact) mass is 274 g/mol. The Balaban J connectivity index is 3.68. The van der Waals surface area contributed by atoms with Crippen molar-refractivity contribution < 1.29 is 5.11 Å². The van der Waals surface area contributed by atoms with Gasteiger partial charge in [-0.05, 0) is 32.1 Å². The number of allylic oxidation sites excluding steroid dienone is 8. The predicted octanol–water partition coefficient (Wildman–Crippen LogP) is 5.51. The molecule has 0 spiro atoms. The molecule has 0 saturated heterocycles. The molecule has 0 unspecified atom stereocenters. The summed E-state index contributed by atoms with van der Waals surface area (Å²) < 4.78 is 0. The Morgan fingerprint density at radius 1 is 0.750 bits per heavy atom. The maximum Gasteiger partial charge on any atom is 0.0758 e. The van der Waals surface area contributed by atoms with Gasteiger partial charge in [-0.3, -0.25) is 0 Å². The molecule has 112 valence electrons. The second-order valence-corrected chi connectivity index (χ2v) is 4.72. The van der Waals surface area contributed by atoms with Gasteiger partial charge in [0, 0.05) is 0 Å². The molecule has 0 aliphatic rings. The van der Waals surface area contributed by atoms with Crippen molar-refractivity contribution in [1.82, 2.24) is 0 Å². The molecule has 0 aromatic heterocycles. The molecule has 0 aliphatic heterocycles. The van der Waals surface area contributed by atoms with Gasteiger partial charge in [-0.15, -0.1) is 0 Å². The molecule has 20 heavy (non-hydrogen) atoms. The topological polar surface area (TPSA) is 20.2 Å². The van der Waals surface area contributed by atoms with Crippen LogP contribution in [0.15, 0.2) is 60.8 Å². The van der Waals surface area contributed by atoms with Crippen LogP contribution in [0.1, 0.15) is 52.4 Å². The van der Waals surface area contributed by atoms with E-state index in [1.807, 2.05) is 30.4 Å². The highest BCUT2D eigenvalue weighted by Crippen LogP contribution is 1.98. The predicted molar refractivity (Wildman–Crippen MR) is 90.8 cm³/mol. The summed E-state index contributed by atoms with van der Waals surface area (Å²) in [7, 11) is 0. The smallest absolute Gasteiger partial charge is 0.0758 e. The third-order valence-corrected chi connectivity index (χ3v) is 2.70. The Hall–Kier alpha value is -1.34. The van der Waals surface area contributed by atoms with E-state index in [-0.39, 0.29) is 6.10 Å². The molecule has 0 radical (unpaired) electrons. The van der Waals surface area contributed by atoms with Crippen LogP contribution in [0.25, 0.3) is 0 Å². The fraction of sp³-hybridized carbons (Fsp3) is 0.474. The molecule has 0 amide bonds. The Morgan fingerprint density at radius 3 is 2.20 bits per heavy atom. The van der Waals surface area contributed by atoms with Crippen LogP contribution in [0.4, 0.5) is 0 Å². The summed E-state index contributed by atoms with van der Waals surface area (Å²) >= 11 is 0. The van der Waals surface area contributed by atoms with E-state index in [4.69, 9.17) is 0 Å². The number of hydrogen-bond acceptors (Lipinski definition) is 1. The van der Waals surface area contributed by atoms with E-state index >= 15 is 0 Å². The first kappa shape index (κ1) is 18.7. The molecular weight excluding hydrogens is 244 g/mol. The average molecular weight is 274 g/mol. The van der Waals surface area contributed by atoms with E-state index in [0.717, 1.165) is 32.1 Å². The van der Waals surface area contributed by atoms with Gasteiger partial charge in [0.2, 0.25) is 0 Å². The number of unbranched alkanes of at least 4 members (excludes halogenated alkanes) is 2. The Bertz CT molecular complexity index is 332. The van der Waals surface area contributed by atoms with E-state index in [2.05, 4.69) is 44.2 Å². The summed E-state index contributed by atoms with van der Waals surface area (Å²) in [4.78, 5) is 0. The van der Waals surface area contributed by atoms with Crippen LogP contribution in [-0.4, -0.2) is 11.2 Å². The lowest BCUT2D eigenvalue weighted by Crippen LogP contribution is -1.98. The summed E-state index contributed by atoms with van der Waals surface area (Å²) in [5.74, 6) is 0. The molecule has 0 aromatic rings. The Morgan fingerprint density at radius 2 is 1.45 bits per heavy atom. The molecule has 0 aromatic carbocycles. The number of aliphatic hydroxyl groups excluding tert-OH is 1. The van der Waals surface area contributed by atoms with E-state index in [9.17, 15) is 5.11 Å². The van der Waals surface area contributed by atoms with Crippen LogP contribution >= 0.6 is 0 Å². The second kappa shape index (κ2) is 15.7. The van der Waals surface area contributed by atoms with Gasteiger partial charge in [-0.2, -0.15) is 0 Å². The van der Waals surface area contributed by atoms with Crippen LogP contribution in [0.3, 0.4) is 0 Å². The third-order valence-electron chi connectivity index (χ3n) is 2.70. The molecule has 0 fully saturated rings. The first-order chi connectivity index (χ1) is 9.81. The highest BCUT2D eigenvalue weighted by atomic mass is 16.3. The Kier molecular flexibility index (Phi) is 14.7. The zero-order valence-electron chi connectivity index (χ0n) is 13.0. The van der Waals surface area contributed by atoms with Crippen LogP contribution in [0.5, 0.6) is 0 Å². The van der Waals surface area contributed by atoms with Crippen LogP contribution in [0, 0.1) is 0 Å². The molecular formula is C19H30O. The molecule has 0 rings (SSSR count). The van der Waals surface area contributed by atoms with Crippen LogP contribution < -0.4 is 0 Å². The normalized spacial score (nSPS) is 14.8. The first-order valence-electron chi connectivity index (χ1n) is 7.79. The SMILES string of the molecule is CC/C=C\CC/C=C/C=C\C=C\[C@@H](O)C/C=C\CCC. The van der Waals surface area contributed by atoms with E-state index in [1.165, 1.54) is 0 Å². The summed E-state index contributed by atoms with van der Waals surface area (Å²) in [5.41, 5.74) is 0. The van der Waals surface area contributed by atoms with Crippen molar-refractivity contribution in [3.05, 3.63) is 60.8 Å². The van der Waals surface area contributed by atoms with Gasteiger partial charge in [-0.1, -0.05) is 81.0 Å². The maximum atomic E-state index is 9.67. The van der Waals surface area contributed by atoms with Crippen molar-refractivity contribution in [2.24, 2.45) is 0 Å². The zero-order chi connectivity index (χ0) is 14.9. The van der Waals surface area contributed by atoms with Crippen molar-refractivity contribution in [1.29, 1.82) is 0 Å². The van der Waals surface area contributed by atoms with E-state index < -0.39 is 0 Å². The van der Waals surface area contributed by atoms with Crippen molar-refractivity contribution in [2.45, 2.75) is 58.5 Å². The summed E-state index contributed by atoms with van der Waals surface area (Å²) in [5, 5.41) is 9.67. The first-order valence-corrected chi connectivity index (χ1v) is 7.79. The maximum absolute atomic E-state index is 9.67. The third kappa shape index (κ3) is 14.7. The van der Waals surface area contributed by atoms with Crippen molar-refractivity contribution in [3.8, 4) is 0 Å². The molecule has 0 saturated carbocycles. The fourth-order valence-corrected chi connectivity index (χ4v) is 1.57. The highest BCUT2D eigenvalue weighted by molar-refractivity contribution is 5.12. The largest absolute Gasteiger partial charge is 0.389 e. The van der Waals surface area contributed by atoms with Gasteiger partial charge < -0.3 is 5.11 Å². The minimum Gasteiger partial charge on any atom is -0.389 e. The molecule has 0 heterocycles. The standard InChI is InChI=1S/C19H30O/c1-3-5-7-9-10-11-12-13-14-16-18-19(20)17-15-8-6-4-2/h5,7-8,11-16,18-20H,3-4,6,9-10,17H2,1-2H3/b7-5-,12-11+,14-13-,15-8-,18-16+/t19-/m0/s1. The summed E-state index contributed by atoms with van der Waals surface area (Å²) in [6.45, 7) is 4.30. The molecule has 1 heteroatoms. The molecule has 1 N–H and O–H groups in total. The van der Waals surface area contributed by atoms with Gasteiger partial charge >= 0.3 is 0 Å². The molecule has 1 atom stereocenters. The number of aliphatic hydroxyl groups is 1. The number of hydrogen-bond donors (Lipinski definition) is 1. The van der Waals surface area contributed by atoms with Crippen LogP contribution in [-0.2, 0) is 0 Å². The van der Waals surface area contributed by atoms with Gasteiger partial charge in [0.05, 0.1) is 6.10 Å². The van der Waals surface area contributed by atoms with E-state index in [1.54, 1.807) is 0 Å². The summed E-state index contributed by atoms with van der Waals surface area (Å²) in [6.07, 6.45) is 26.4. The van der Waals surface area contributed by atoms with Gasteiger partial charge in [0.25, 0.3) is 0 Å². The minimum atomic E-state index is -0.379. The minimum absolute atomic E-state index is 0.379. The van der Waals surface area contributed by atoms with Crippen LogP contribution in [0.2, 0.25) is 0 Å². The lowest BCUT2D eigenvalue weighted by Gasteiger charge is -1.98. The molecule has 1 nitrogen and oxygen atoms in total. The molecule has 0 aliphatic carbocycles. The van der Waals surface area contributed by atoms with Crippen molar-refractivity contribution in [3.63, 3.8) is 0 Å². The van der Waals surface area contributed by atoms with E-state index in [0.29, 0.717) is 6.42 Å². The van der Waals surface area contributed by atoms with Gasteiger partial charge in [0.1, 0.15) is 0 Å². The van der Waals surface area contributed by atoms with Gasteiger partial charge in [-0.25, -0.2) is 0 Å². The Labute approximate surface area is 125 Å². The second-order valence-electron chi connectivity index (χ2n) is 4.72. The average Bonchev–Trinajstić information content (AvgIpc) is 2.45. The highest BCUT2D eigenvalue weighted by Gasteiger charge is 1.92. The quantitative estimate of drug-likeness (QED) is 0.299. The van der Waals surface area contributed by atoms with Crippen molar-refractivity contribution in [2.75, 3.05) is 0 Å². The summed E-state index contributed by atoms with van der Waals surface area (Å²) in [6, 6.07) is 0. The van der Waals surface area contributed by atoms with Gasteiger partial charge in [0.15, 0.2) is 0 Å². The lowest BCUT2D eigenvalue weighted by atomic mass is 10.2. The zero-order valence-corrected chi connectivity index (χ0v) is 13.0. The molecule has 0 bridgehead atoms. The fourth-order valence-electron chi connectivity index (χ4n) is 1.57.